The summed E-state index contributed by atoms with van der Waals surface area (Å²) in [7, 11) is 0. The van der Waals surface area contributed by atoms with Gasteiger partial charge in [0.15, 0.2) is 6.10 Å². The predicted octanol–water partition coefficient (Wildman–Crippen LogP) is 1.15. The van der Waals surface area contributed by atoms with Crippen LogP contribution in [0.4, 0.5) is 4.79 Å². The van der Waals surface area contributed by atoms with Crippen molar-refractivity contribution in [2.75, 3.05) is 19.7 Å². The SMILES string of the molecule is CC(C)(C)OC(=O)N1CCO[C@H](C#N)C1. The number of hydrogen-bond acceptors (Lipinski definition) is 4. The second kappa shape index (κ2) is 4.49. The molecule has 0 unspecified atom stereocenters. The minimum absolute atomic E-state index is 0.283. The largest absolute Gasteiger partial charge is 0.444 e. The van der Waals surface area contributed by atoms with E-state index in [9.17, 15) is 4.79 Å². The number of nitrogens with zero attached hydrogens (tertiary/aromatic N) is 2. The van der Waals surface area contributed by atoms with Gasteiger partial charge in [0.05, 0.1) is 19.2 Å². The maximum Gasteiger partial charge on any atom is 0.410 e. The van der Waals surface area contributed by atoms with E-state index in [-0.39, 0.29) is 12.6 Å². The van der Waals surface area contributed by atoms with Crippen LogP contribution in [-0.2, 0) is 9.47 Å². The minimum atomic E-state index is -0.536. The number of carbonyl (C=O) groups is 1. The zero-order valence-corrected chi connectivity index (χ0v) is 9.32. The van der Waals surface area contributed by atoms with E-state index in [4.69, 9.17) is 14.7 Å². The van der Waals surface area contributed by atoms with E-state index < -0.39 is 11.7 Å². The van der Waals surface area contributed by atoms with Gasteiger partial charge in [-0.05, 0) is 20.8 Å². The molecule has 0 radical (unpaired) electrons. The molecule has 1 amide bonds. The number of rotatable bonds is 0. The monoisotopic (exact) mass is 212 g/mol. The van der Waals surface area contributed by atoms with Crippen LogP contribution < -0.4 is 0 Å². The van der Waals surface area contributed by atoms with Crippen LogP contribution >= 0.6 is 0 Å². The highest BCUT2D eigenvalue weighted by Crippen LogP contribution is 2.12. The standard InChI is InChI=1S/C10H16N2O3/c1-10(2,3)15-9(13)12-4-5-14-8(6-11)7-12/h8H,4-5,7H2,1-3H3/t8-/m1/s1. The lowest BCUT2D eigenvalue weighted by molar-refractivity contribution is -0.0241. The highest BCUT2D eigenvalue weighted by molar-refractivity contribution is 5.68. The zero-order valence-electron chi connectivity index (χ0n) is 9.32. The number of ether oxygens (including phenoxy) is 2. The Labute approximate surface area is 89.6 Å². The van der Waals surface area contributed by atoms with E-state index in [1.807, 2.05) is 26.8 Å². The molecule has 1 aliphatic heterocycles. The lowest BCUT2D eigenvalue weighted by atomic mass is 10.2. The Hall–Kier alpha value is -1.28. The Morgan fingerprint density at radius 1 is 1.60 bits per heavy atom. The third kappa shape index (κ3) is 3.76. The molecule has 0 aromatic heterocycles. The van der Waals surface area contributed by atoms with Gasteiger partial charge >= 0.3 is 6.09 Å². The lowest BCUT2D eigenvalue weighted by Crippen LogP contribution is -2.47. The molecule has 1 fully saturated rings. The zero-order chi connectivity index (χ0) is 11.5. The maximum absolute atomic E-state index is 11.6. The quantitative estimate of drug-likeness (QED) is 0.604. The number of hydrogen-bond donors (Lipinski definition) is 0. The van der Waals surface area contributed by atoms with Gasteiger partial charge in [-0.3, -0.25) is 0 Å². The van der Waals surface area contributed by atoms with Crippen LogP contribution in [-0.4, -0.2) is 42.4 Å². The van der Waals surface area contributed by atoms with Crippen LogP contribution in [0.2, 0.25) is 0 Å². The lowest BCUT2D eigenvalue weighted by Gasteiger charge is -2.31. The van der Waals surface area contributed by atoms with Gasteiger partial charge in [0.1, 0.15) is 5.60 Å². The highest BCUT2D eigenvalue weighted by Gasteiger charge is 2.27. The van der Waals surface area contributed by atoms with Gasteiger partial charge in [0, 0.05) is 6.54 Å². The molecule has 5 heteroatoms. The van der Waals surface area contributed by atoms with E-state index in [1.54, 1.807) is 0 Å². The fourth-order valence-corrected chi connectivity index (χ4v) is 1.22. The molecule has 1 saturated heterocycles. The third-order valence-corrected chi connectivity index (χ3v) is 1.86. The molecule has 0 bridgehead atoms. The molecule has 1 atom stereocenters. The van der Waals surface area contributed by atoms with E-state index >= 15 is 0 Å². The van der Waals surface area contributed by atoms with Crippen LogP contribution in [0.15, 0.2) is 0 Å². The first-order chi connectivity index (χ1) is 6.92. The molecule has 0 spiro atoms. The Bertz CT molecular complexity index is 277. The first kappa shape index (κ1) is 11.8. The van der Waals surface area contributed by atoms with Gasteiger partial charge < -0.3 is 14.4 Å². The summed E-state index contributed by atoms with van der Waals surface area (Å²) in [5.41, 5.74) is -0.502. The van der Waals surface area contributed by atoms with E-state index in [0.29, 0.717) is 13.2 Å². The van der Waals surface area contributed by atoms with Crippen molar-refractivity contribution in [3.8, 4) is 6.07 Å². The van der Waals surface area contributed by atoms with Gasteiger partial charge in [-0.15, -0.1) is 0 Å². The molecular weight excluding hydrogens is 196 g/mol. The van der Waals surface area contributed by atoms with E-state index in [2.05, 4.69) is 0 Å². The molecule has 0 aliphatic carbocycles. The summed E-state index contributed by atoms with van der Waals surface area (Å²) >= 11 is 0. The number of morpholine rings is 1. The van der Waals surface area contributed by atoms with Crippen molar-refractivity contribution < 1.29 is 14.3 Å². The van der Waals surface area contributed by atoms with Crippen LogP contribution in [0, 0.1) is 11.3 Å². The Balaban J connectivity index is 2.50. The smallest absolute Gasteiger partial charge is 0.410 e. The van der Waals surface area contributed by atoms with Crippen molar-refractivity contribution in [1.82, 2.24) is 4.90 Å². The van der Waals surface area contributed by atoms with Crippen LogP contribution in [0.3, 0.4) is 0 Å². The normalized spacial score (nSPS) is 22.0. The highest BCUT2D eigenvalue weighted by atomic mass is 16.6. The van der Waals surface area contributed by atoms with Crippen molar-refractivity contribution >= 4 is 6.09 Å². The third-order valence-electron chi connectivity index (χ3n) is 1.86. The Morgan fingerprint density at radius 3 is 2.80 bits per heavy atom. The molecular formula is C10H16N2O3. The average Bonchev–Trinajstić information content (AvgIpc) is 2.15. The Kier molecular flexibility index (Phi) is 3.53. The topological polar surface area (TPSA) is 62.6 Å². The molecule has 15 heavy (non-hydrogen) atoms. The first-order valence-electron chi connectivity index (χ1n) is 4.91. The fourth-order valence-electron chi connectivity index (χ4n) is 1.22. The van der Waals surface area contributed by atoms with Crippen molar-refractivity contribution in [2.45, 2.75) is 32.5 Å². The van der Waals surface area contributed by atoms with Crippen molar-refractivity contribution in [2.24, 2.45) is 0 Å². The van der Waals surface area contributed by atoms with Gasteiger partial charge in [-0.25, -0.2) is 4.79 Å². The molecule has 0 aromatic carbocycles. The van der Waals surface area contributed by atoms with Gasteiger partial charge in [-0.1, -0.05) is 0 Å². The molecule has 1 heterocycles. The fraction of sp³-hybridized carbons (Fsp3) is 0.800. The first-order valence-corrected chi connectivity index (χ1v) is 4.91. The minimum Gasteiger partial charge on any atom is -0.444 e. The van der Waals surface area contributed by atoms with Crippen molar-refractivity contribution in [3.63, 3.8) is 0 Å². The molecule has 0 saturated carbocycles. The summed E-state index contributed by atoms with van der Waals surface area (Å²) in [6.45, 7) is 6.59. The summed E-state index contributed by atoms with van der Waals surface area (Å²) in [5.74, 6) is 0. The second-order valence-electron chi connectivity index (χ2n) is 4.41. The van der Waals surface area contributed by atoms with Crippen molar-refractivity contribution in [3.05, 3.63) is 0 Å². The molecule has 84 valence electrons. The average molecular weight is 212 g/mol. The van der Waals surface area contributed by atoms with Crippen molar-refractivity contribution in [1.29, 1.82) is 5.26 Å². The summed E-state index contributed by atoms with van der Waals surface area (Å²) in [6, 6.07) is 1.98. The molecule has 0 N–H and O–H groups in total. The van der Waals surface area contributed by atoms with E-state index in [0.717, 1.165) is 0 Å². The molecule has 5 nitrogen and oxygen atoms in total. The summed E-state index contributed by atoms with van der Waals surface area (Å²) in [4.78, 5) is 13.1. The number of nitriles is 1. The Morgan fingerprint density at radius 2 is 2.27 bits per heavy atom. The van der Waals surface area contributed by atoms with Crippen LogP contribution in [0.5, 0.6) is 0 Å². The predicted molar refractivity (Wildman–Crippen MR) is 53.2 cm³/mol. The van der Waals surface area contributed by atoms with Gasteiger partial charge in [0.25, 0.3) is 0 Å². The number of carbonyl (C=O) groups excluding carboxylic acids is 1. The summed E-state index contributed by atoms with van der Waals surface area (Å²) < 4.78 is 10.3. The molecule has 0 aromatic rings. The second-order valence-corrected chi connectivity index (χ2v) is 4.41. The van der Waals surface area contributed by atoms with Crippen LogP contribution in [0.1, 0.15) is 20.8 Å². The van der Waals surface area contributed by atoms with Gasteiger partial charge in [-0.2, -0.15) is 5.26 Å². The summed E-state index contributed by atoms with van der Waals surface area (Å²) in [6.07, 6.45) is -0.919. The van der Waals surface area contributed by atoms with Crippen LogP contribution in [0.25, 0.3) is 0 Å². The van der Waals surface area contributed by atoms with E-state index in [1.165, 1.54) is 4.90 Å². The molecule has 1 rings (SSSR count). The number of amides is 1. The van der Waals surface area contributed by atoms with Gasteiger partial charge in [0.2, 0.25) is 0 Å². The summed E-state index contributed by atoms with van der Waals surface area (Å²) in [5, 5.41) is 8.67. The maximum atomic E-state index is 11.6. The molecule has 1 aliphatic rings.